The van der Waals surface area contributed by atoms with Crippen molar-refractivity contribution in [1.82, 2.24) is 0 Å². The first-order chi connectivity index (χ1) is 6.77. The maximum Gasteiger partial charge on any atom is 0.122 e. The van der Waals surface area contributed by atoms with Crippen LogP contribution in [-0.4, -0.2) is 12.9 Å². The van der Waals surface area contributed by atoms with Gasteiger partial charge in [0.1, 0.15) is 11.6 Å². The molecule has 1 aromatic rings. The number of hydrogen-bond donors (Lipinski definition) is 2. The van der Waals surface area contributed by atoms with E-state index in [0.717, 1.165) is 17.7 Å². The van der Waals surface area contributed by atoms with Crippen LogP contribution in [0.15, 0.2) is 29.4 Å². The number of nitrogens with zero attached hydrogens (tertiary/aromatic N) is 1. The molecule has 0 atom stereocenters. The number of nitrogens with two attached hydrogens (primary N) is 2. The summed E-state index contributed by atoms with van der Waals surface area (Å²) >= 11 is 0. The van der Waals surface area contributed by atoms with Gasteiger partial charge in [-0.2, -0.15) is 5.10 Å². The Balaban J connectivity index is 2.66. The third kappa shape index (κ3) is 2.65. The van der Waals surface area contributed by atoms with Crippen LogP contribution >= 0.6 is 0 Å². The van der Waals surface area contributed by atoms with Crippen LogP contribution in [-0.2, 0) is 6.42 Å². The van der Waals surface area contributed by atoms with Crippen molar-refractivity contribution >= 4 is 5.84 Å². The lowest BCUT2D eigenvalue weighted by Crippen LogP contribution is -2.14. The molecule has 4 nitrogen and oxygen atoms in total. The molecule has 0 aromatic heterocycles. The molecule has 0 bridgehead atoms. The lowest BCUT2D eigenvalue weighted by Gasteiger charge is -2.06. The molecule has 0 heterocycles. The van der Waals surface area contributed by atoms with Gasteiger partial charge >= 0.3 is 0 Å². The number of hydrazone groups is 1. The Morgan fingerprint density at radius 1 is 1.43 bits per heavy atom. The normalized spacial score (nSPS) is 11.4. The van der Waals surface area contributed by atoms with Crippen LogP contribution in [0.4, 0.5) is 0 Å². The van der Waals surface area contributed by atoms with Crippen LogP contribution in [0, 0.1) is 0 Å². The van der Waals surface area contributed by atoms with E-state index in [2.05, 4.69) is 5.10 Å². The van der Waals surface area contributed by atoms with Gasteiger partial charge in [0.2, 0.25) is 0 Å². The molecule has 0 spiro atoms. The van der Waals surface area contributed by atoms with Gasteiger partial charge in [0.05, 0.1) is 7.11 Å². The van der Waals surface area contributed by atoms with Gasteiger partial charge in [0.25, 0.3) is 0 Å². The van der Waals surface area contributed by atoms with E-state index in [-0.39, 0.29) is 0 Å². The molecule has 0 saturated carbocycles. The second-order valence-electron chi connectivity index (χ2n) is 2.93. The Labute approximate surface area is 83.5 Å². The van der Waals surface area contributed by atoms with E-state index in [4.69, 9.17) is 16.3 Å². The van der Waals surface area contributed by atoms with E-state index in [1.807, 2.05) is 24.3 Å². The standard InChI is InChI=1S/C10H15N3O/c1-14-9-5-3-2-4-8(9)6-7-10(11)13-12/h2-5H,6-7,12H2,1H3,(H2,11,13). The molecule has 0 saturated heterocycles. The Morgan fingerprint density at radius 2 is 2.14 bits per heavy atom. The Bertz CT molecular complexity index is 323. The molecule has 14 heavy (non-hydrogen) atoms. The predicted molar refractivity (Wildman–Crippen MR) is 57.1 cm³/mol. The van der Waals surface area contributed by atoms with Gasteiger partial charge in [-0.3, -0.25) is 0 Å². The molecular formula is C10H15N3O. The second kappa shape index (κ2) is 5.11. The van der Waals surface area contributed by atoms with Crippen LogP contribution in [0.25, 0.3) is 0 Å². The van der Waals surface area contributed by atoms with Gasteiger partial charge < -0.3 is 16.3 Å². The average Bonchev–Trinajstić information content (AvgIpc) is 2.26. The quantitative estimate of drug-likeness (QED) is 0.322. The molecule has 4 heteroatoms. The zero-order valence-corrected chi connectivity index (χ0v) is 8.23. The van der Waals surface area contributed by atoms with Crippen molar-refractivity contribution in [2.24, 2.45) is 16.7 Å². The van der Waals surface area contributed by atoms with Crippen LogP contribution in [0.1, 0.15) is 12.0 Å². The first kappa shape index (κ1) is 10.4. The summed E-state index contributed by atoms with van der Waals surface area (Å²) < 4.78 is 5.20. The molecule has 0 fully saturated rings. The lowest BCUT2D eigenvalue weighted by molar-refractivity contribution is 0.410. The van der Waals surface area contributed by atoms with E-state index in [1.54, 1.807) is 7.11 Å². The molecule has 0 radical (unpaired) electrons. The van der Waals surface area contributed by atoms with Crippen molar-refractivity contribution < 1.29 is 4.74 Å². The average molecular weight is 193 g/mol. The van der Waals surface area contributed by atoms with E-state index in [0.29, 0.717) is 12.3 Å². The number of ether oxygens (including phenoxy) is 1. The zero-order chi connectivity index (χ0) is 10.4. The Hall–Kier alpha value is -1.71. The minimum absolute atomic E-state index is 0.455. The van der Waals surface area contributed by atoms with Crippen LogP contribution in [0.5, 0.6) is 5.75 Å². The van der Waals surface area contributed by atoms with Crippen molar-refractivity contribution in [2.75, 3.05) is 7.11 Å². The summed E-state index contributed by atoms with van der Waals surface area (Å²) in [6.07, 6.45) is 1.44. The monoisotopic (exact) mass is 193 g/mol. The number of methoxy groups -OCH3 is 1. The minimum Gasteiger partial charge on any atom is -0.496 e. The summed E-state index contributed by atoms with van der Waals surface area (Å²) in [6.45, 7) is 0. The van der Waals surface area contributed by atoms with Gasteiger partial charge in [-0.05, 0) is 18.1 Å². The van der Waals surface area contributed by atoms with Crippen LogP contribution in [0.2, 0.25) is 0 Å². The summed E-state index contributed by atoms with van der Waals surface area (Å²) in [5, 5.41) is 3.41. The number of benzene rings is 1. The summed E-state index contributed by atoms with van der Waals surface area (Å²) in [4.78, 5) is 0. The third-order valence-corrected chi connectivity index (χ3v) is 2.01. The van der Waals surface area contributed by atoms with Crippen molar-refractivity contribution in [3.05, 3.63) is 29.8 Å². The summed E-state index contributed by atoms with van der Waals surface area (Å²) in [5.41, 5.74) is 6.61. The van der Waals surface area contributed by atoms with Gasteiger partial charge in [0.15, 0.2) is 0 Å². The highest BCUT2D eigenvalue weighted by Gasteiger charge is 2.02. The molecule has 4 N–H and O–H groups in total. The summed E-state index contributed by atoms with van der Waals surface area (Å²) in [6, 6.07) is 7.82. The number of rotatable bonds is 4. The molecule has 76 valence electrons. The zero-order valence-electron chi connectivity index (χ0n) is 8.23. The molecule has 0 aliphatic heterocycles. The van der Waals surface area contributed by atoms with Crippen molar-refractivity contribution in [3.8, 4) is 5.75 Å². The highest BCUT2D eigenvalue weighted by atomic mass is 16.5. The van der Waals surface area contributed by atoms with E-state index >= 15 is 0 Å². The maximum absolute atomic E-state index is 5.50. The van der Waals surface area contributed by atoms with E-state index < -0.39 is 0 Å². The summed E-state index contributed by atoms with van der Waals surface area (Å²) in [5.74, 6) is 6.37. The fraction of sp³-hybridized carbons (Fsp3) is 0.300. The molecule has 0 aliphatic rings. The fourth-order valence-corrected chi connectivity index (χ4v) is 1.24. The number of aryl methyl sites for hydroxylation is 1. The summed E-state index contributed by atoms with van der Waals surface area (Å²) in [7, 11) is 1.65. The van der Waals surface area contributed by atoms with E-state index in [9.17, 15) is 0 Å². The van der Waals surface area contributed by atoms with Crippen molar-refractivity contribution in [3.63, 3.8) is 0 Å². The molecule has 0 aliphatic carbocycles. The second-order valence-corrected chi connectivity index (χ2v) is 2.93. The number of amidine groups is 1. The first-order valence-corrected chi connectivity index (χ1v) is 4.42. The molecular weight excluding hydrogens is 178 g/mol. The number of hydrogen-bond acceptors (Lipinski definition) is 3. The van der Waals surface area contributed by atoms with Crippen LogP contribution in [0.3, 0.4) is 0 Å². The third-order valence-electron chi connectivity index (χ3n) is 2.01. The highest BCUT2D eigenvalue weighted by molar-refractivity contribution is 5.80. The largest absolute Gasteiger partial charge is 0.496 e. The smallest absolute Gasteiger partial charge is 0.122 e. The minimum atomic E-state index is 0.455. The lowest BCUT2D eigenvalue weighted by atomic mass is 10.1. The van der Waals surface area contributed by atoms with Gasteiger partial charge in [-0.15, -0.1) is 0 Å². The van der Waals surface area contributed by atoms with Crippen molar-refractivity contribution in [2.45, 2.75) is 12.8 Å². The molecule has 1 rings (SSSR count). The van der Waals surface area contributed by atoms with Gasteiger partial charge in [-0.1, -0.05) is 18.2 Å². The van der Waals surface area contributed by atoms with Gasteiger partial charge in [0, 0.05) is 6.42 Å². The highest BCUT2D eigenvalue weighted by Crippen LogP contribution is 2.18. The van der Waals surface area contributed by atoms with E-state index in [1.165, 1.54) is 0 Å². The topological polar surface area (TPSA) is 73.6 Å². The molecule has 0 unspecified atom stereocenters. The maximum atomic E-state index is 5.50. The predicted octanol–water partition coefficient (Wildman–Crippen LogP) is 0.859. The van der Waals surface area contributed by atoms with Gasteiger partial charge in [-0.25, -0.2) is 0 Å². The van der Waals surface area contributed by atoms with Crippen LogP contribution < -0.4 is 16.3 Å². The SMILES string of the molecule is COc1ccccc1CC/C(N)=N/N. The Morgan fingerprint density at radius 3 is 2.79 bits per heavy atom. The molecule has 1 aromatic carbocycles. The fourth-order valence-electron chi connectivity index (χ4n) is 1.24. The number of para-hydroxylation sites is 1. The van der Waals surface area contributed by atoms with Crippen molar-refractivity contribution in [1.29, 1.82) is 0 Å². The molecule has 0 amide bonds. The first-order valence-electron chi connectivity index (χ1n) is 4.42. The Kier molecular flexibility index (Phi) is 3.79.